The van der Waals surface area contributed by atoms with Crippen LogP contribution in [0.2, 0.25) is 0 Å². The molecule has 0 aromatic carbocycles. The van der Waals surface area contributed by atoms with Crippen LogP contribution in [0.25, 0.3) is 0 Å². The van der Waals surface area contributed by atoms with Gasteiger partial charge in [-0.2, -0.15) is 0 Å². The summed E-state index contributed by atoms with van der Waals surface area (Å²) >= 11 is 1.73. The first-order valence-electron chi connectivity index (χ1n) is 4.44. The Morgan fingerprint density at radius 1 is 1.69 bits per heavy atom. The highest BCUT2D eigenvalue weighted by Crippen LogP contribution is 2.09. The normalized spacial score (nSPS) is 16.2. The number of nitrogens with one attached hydrogen (secondary N) is 2. The van der Waals surface area contributed by atoms with Crippen molar-refractivity contribution in [3.63, 3.8) is 0 Å². The Kier molecular flexibility index (Phi) is 4.67. The molecule has 0 saturated carbocycles. The summed E-state index contributed by atoms with van der Waals surface area (Å²) in [6, 6.07) is 0. The van der Waals surface area contributed by atoms with Gasteiger partial charge in [0.15, 0.2) is 5.17 Å². The average Bonchev–Trinajstić information content (AvgIpc) is 2.19. The largest absolute Gasteiger partial charge is 0.364 e. The van der Waals surface area contributed by atoms with Gasteiger partial charge in [-0.25, -0.2) is 0 Å². The van der Waals surface area contributed by atoms with Crippen molar-refractivity contribution in [2.45, 2.75) is 12.8 Å². The van der Waals surface area contributed by atoms with Crippen molar-refractivity contribution in [2.24, 2.45) is 4.99 Å². The number of hydrogen-bond acceptors (Lipinski definition) is 4. The average molecular weight is 201 g/mol. The number of carbonyl (C=O) groups is 1. The van der Waals surface area contributed by atoms with Gasteiger partial charge in [-0.15, -0.1) is 0 Å². The van der Waals surface area contributed by atoms with E-state index in [0.29, 0.717) is 13.0 Å². The van der Waals surface area contributed by atoms with Gasteiger partial charge in [0.25, 0.3) is 0 Å². The van der Waals surface area contributed by atoms with Crippen LogP contribution >= 0.6 is 11.8 Å². The molecule has 5 heteroatoms. The molecule has 1 heterocycles. The van der Waals surface area contributed by atoms with Crippen LogP contribution in [0.1, 0.15) is 12.8 Å². The lowest BCUT2D eigenvalue weighted by Gasteiger charge is -2.12. The Hall–Kier alpha value is -0.710. The Bertz CT molecular complexity index is 206. The summed E-state index contributed by atoms with van der Waals surface area (Å²) in [7, 11) is 1.65. The van der Waals surface area contributed by atoms with Crippen molar-refractivity contribution in [3.05, 3.63) is 0 Å². The number of hydrogen-bond donors (Lipinski definition) is 2. The van der Waals surface area contributed by atoms with Crippen LogP contribution in [0.3, 0.4) is 0 Å². The zero-order chi connectivity index (χ0) is 9.52. The Balaban J connectivity index is 2.11. The predicted molar refractivity (Wildman–Crippen MR) is 56.1 cm³/mol. The highest BCUT2D eigenvalue weighted by atomic mass is 32.2. The van der Waals surface area contributed by atoms with Crippen LogP contribution in [0.15, 0.2) is 4.99 Å². The second-order valence-corrected chi connectivity index (χ2v) is 3.82. The monoisotopic (exact) mass is 201 g/mol. The third-order valence-corrected chi connectivity index (χ3v) is 2.74. The fourth-order valence-corrected chi connectivity index (χ4v) is 1.83. The van der Waals surface area contributed by atoms with Crippen LogP contribution in [0, 0.1) is 0 Å². The molecule has 2 N–H and O–H groups in total. The van der Waals surface area contributed by atoms with Gasteiger partial charge in [0, 0.05) is 32.3 Å². The first-order chi connectivity index (χ1) is 6.33. The minimum atomic E-state index is 0.0638. The molecular formula is C8H15N3OS. The number of thioether (sulfide) groups is 1. The van der Waals surface area contributed by atoms with Gasteiger partial charge in [0.1, 0.15) is 0 Å². The molecule has 1 rings (SSSR count). The molecule has 0 fully saturated rings. The number of amidine groups is 1. The zero-order valence-electron chi connectivity index (χ0n) is 7.80. The van der Waals surface area contributed by atoms with E-state index >= 15 is 0 Å². The summed E-state index contributed by atoms with van der Waals surface area (Å²) in [6.45, 7) is 1.58. The van der Waals surface area contributed by atoms with Crippen molar-refractivity contribution in [3.8, 4) is 0 Å². The van der Waals surface area contributed by atoms with E-state index in [4.69, 9.17) is 0 Å². The van der Waals surface area contributed by atoms with E-state index in [-0.39, 0.29) is 5.91 Å². The Morgan fingerprint density at radius 2 is 2.54 bits per heavy atom. The fourth-order valence-electron chi connectivity index (χ4n) is 0.975. The molecule has 13 heavy (non-hydrogen) atoms. The van der Waals surface area contributed by atoms with Crippen LogP contribution in [0.4, 0.5) is 0 Å². The first kappa shape index (κ1) is 10.4. The topological polar surface area (TPSA) is 53.5 Å². The molecule has 0 spiro atoms. The number of carbonyl (C=O) groups excluding carboxylic acids is 1. The van der Waals surface area contributed by atoms with Crippen molar-refractivity contribution in [1.82, 2.24) is 10.6 Å². The van der Waals surface area contributed by atoms with E-state index in [0.717, 1.165) is 23.9 Å². The van der Waals surface area contributed by atoms with E-state index in [2.05, 4.69) is 15.6 Å². The smallest absolute Gasteiger partial charge is 0.221 e. The lowest BCUT2D eigenvalue weighted by Crippen LogP contribution is -2.29. The van der Waals surface area contributed by atoms with Gasteiger partial charge < -0.3 is 10.6 Å². The van der Waals surface area contributed by atoms with Crippen molar-refractivity contribution >= 4 is 22.8 Å². The van der Waals surface area contributed by atoms with E-state index in [1.165, 1.54) is 0 Å². The number of nitrogens with zero attached hydrogens (tertiary/aromatic N) is 1. The highest BCUT2D eigenvalue weighted by molar-refractivity contribution is 8.13. The van der Waals surface area contributed by atoms with Crippen LogP contribution in [0.5, 0.6) is 0 Å². The molecule has 0 aromatic heterocycles. The van der Waals surface area contributed by atoms with Crippen LogP contribution in [-0.4, -0.2) is 37.0 Å². The second-order valence-electron chi connectivity index (χ2n) is 2.74. The second kappa shape index (κ2) is 5.85. The first-order valence-corrected chi connectivity index (χ1v) is 5.43. The zero-order valence-corrected chi connectivity index (χ0v) is 8.62. The highest BCUT2D eigenvalue weighted by Gasteiger charge is 2.05. The van der Waals surface area contributed by atoms with Gasteiger partial charge in [-0.05, 0) is 6.42 Å². The molecule has 0 saturated heterocycles. The Morgan fingerprint density at radius 3 is 3.15 bits per heavy atom. The molecule has 0 atom stereocenters. The Labute approximate surface area is 82.6 Å². The van der Waals surface area contributed by atoms with Gasteiger partial charge in [-0.3, -0.25) is 9.79 Å². The molecule has 0 aromatic rings. The summed E-state index contributed by atoms with van der Waals surface area (Å²) in [5.74, 6) is 1.19. The van der Waals surface area contributed by atoms with Gasteiger partial charge in [0.2, 0.25) is 5.91 Å². The lowest BCUT2D eigenvalue weighted by molar-refractivity contribution is -0.120. The van der Waals surface area contributed by atoms with E-state index in [1.807, 2.05) is 0 Å². The lowest BCUT2D eigenvalue weighted by atomic mass is 10.4. The molecule has 1 aliphatic heterocycles. The number of rotatable bonds is 3. The summed E-state index contributed by atoms with van der Waals surface area (Å²) in [5.41, 5.74) is 0. The molecule has 4 nitrogen and oxygen atoms in total. The maximum Gasteiger partial charge on any atom is 0.221 e. The predicted octanol–water partition coefficient (Wildman–Crippen LogP) is 0.205. The SMILES string of the molecule is CNC(=O)CCNC1=NCCCS1. The van der Waals surface area contributed by atoms with Gasteiger partial charge >= 0.3 is 0 Å². The molecule has 74 valence electrons. The summed E-state index contributed by atoms with van der Waals surface area (Å²) in [4.78, 5) is 15.1. The summed E-state index contributed by atoms with van der Waals surface area (Å²) in [6.07, 6.45) is 1.67. The van der Waals surface area contributed by atoms with Gasteiger partial charge in [0.05, 0.1) is 0 Å². The summed E-state index contributed by atoms with van der Waals surface area (Å²) in [5, 5.41) is 6.70. The molecule has 0 unspecified atom stereocenters. The molecule has 0 bridgehead atoms. The molecule has 1 amide bonds. The minimum Gasteiger partial charge on any atom is -0.364 e. The standard InChI is InChI=1S/C8H15N3OS/c1-9-7(12)3-5-11-8-10-4-2-6-13-8/h2-6H2,1H3,(H,9,12)(H,10,11). The molecule has 0 aliphatic carbocycles. The van der Waals surface area contributed by atoms with E-state index in [9.17, 15) is 4.79 Å². The van der Waals surface area contributed by atoms with E-state index in [1.54, 1.807) is 18.8 Å². The maximum absolute atomic E-state index is 10.9. The minimum absolute atomic E-state index is 0.0638. The number of aliphatic imine (C=N–C) groups is 1. The maximum atomic E-state index is 10.9. The molecular weight excluding hydrogens is 186 g/mol. The van der Waals surface area contributed by atoms with Crippen molar-refractivity contribution in [2.75, 3.05) is 25.9 Å². The summed E-state index contributed by atoms with van der Waals surface area (Å²) < 4.78 is 0. The molecule has 0 radical (unpaired) electrons. The van der Waals surface area contributed by atoms with Crippen molar-refractivity contribution < 1.29 is 4.79 Å². The third kappa shape index (κ3) is 4.17. The van der Waals surface area contributed by atoms with E-state index < -0.39 is 0 Å². The fraction of sp³-hybridized carbons (Fsp3) is 0.750. The third-order valence-electron chi connectivity index (χ3n) is 1.70. The van der Waals surface area contributed by atoms with Crippen molar-refractivity contribution in [1.29, 1.82) is 0 Å². The van der Waals surface area contributed by atoms with Gasteiger partial charge in [-0.1, -0.05) is 11.8 Å². The van der Waals surface area contributed by atoms with Crippen LogP contribution < -0.4 is 10.6 Å². The quantitative estimate of drug-likeness (QED) is 0.686. The van der Waals surface area contributed by atoms with Crippen LogP contribution in [-0.2, 0) is 4.79 Å². The number of amides is 1. The molecule has 1 aliphatic rings.